The van der Waals surface area contributed by atoms with Gasteiger partial charge in [0.1, 0.15) is 11.1 Å². The number of rotatable bonds is 3. The van der Waals surface area contributed by atoms with Crippen molar-refractivity contribution < 1.29 is 4.79 Å². The van der Waals surface area contributed by atoms with Gasteiger partial charge in [0.05, 0.1) is 12.1 Å². The Morgan fingerprint density at radius 3 is 2.96 bits per heavy atom. The van der Waals surface area contributed by atoms with Crippen LogP contribution in [0.15, 0.2) is 24.3 Å². The molecule has 0 bridgehead atoms. The topological polar surface area (TPSA) is 56.1 Å². The molecule has 26 heavy (non-hydrogen) atoms. The van der Waals surface area contributed by atoms with E-state index in [-0.39, 0.29) is 5.91 Å². The Hall–Kier alpha value is -2.32. The summed E-state index contributed by atoms with van der Waals surface area (Å²) in [5, 5.41) is 13.4. The van der Waals surface area contributed by atoms with Crippen LogP contribution in [0.2, 0.25) is 0 Å². The van der Waals surface area contributed by atoms with Gasteiger partial charge in [-0.05, 0) is 56.2 Å². The van der Waals surface area contributed by atoms with E-state index in [0.717, 1.165) is 36.4 Å². The van der Waals surface area contributed by atoms with Crippen LogP contribution in [0.1, 0.15) is 47.8 Å². The lowest BCUT2D eigenvalue weighted by Crippen LogP contribution is -2.37. The number of aryl methyl sites for hydroxylation is 1. The number of anilines is 2. The fourth-order valence-electron chi connectivity index (χ4n) is 4.14. The van der Waals surface area contributed by atoms with Crippen LogP contribution in [0.5, 0.6) is 0 Å². The number of carbonyl (C=O) groups excluding carboxylic acids is 1. The molecule has 0 spiro atoms. The van der Waals surface area contributed by atoms with Gasteiger partial charge in [-0.25, -0.2) is 0 Å². The molecule has 2 heterocycles. The lowest BCUT2D eigenvalue weighted by molar-refractivity contribution is -0.115. The highest BCUT2D eigenvalue weighted by Gasteiger charge is 2.28. The molecule has 2 aliphatic rings. The minimum atomic E-state index is -0.0403. The molecule has 1 N–H and O–H groups in total. The molecule has 1 atom stereocenters. The van der Waals surface area contributed by atoms with Crippen molar-refractivity contribution in [2.24, 2.45) is 0 Å². The van der Waals surface area contributed by atoms with Gasteiger partial charge in [0.2, 0.25) is 5.91 Å². The molecular formula is C21H23N3OS. The number of nitrogens with zero attached hydrogens (tertiary/aromatic N) is 2. The number of nitrogens with one attached hydrogen (secondary N) is 1. The molecule has 5 heteroatoms. The summed E-state index contributed by atoms with van der Waals surface area (Å²) in [6, 6.07) is 10.9. The smallest absolute Gasteiger partial charge is 0.244 e. The second-order valence-corrected chi connectivity index (χ2v) is 8.34. The van der Waals surface area contributed by atoms with Crippen LogP contribution in [-0.4, -0.2) is 18.5 Å². The quantitative estimate of drug-likeness (QED) is 0.826. The Balaban J connectivity index is 1.52. The maximum absolute atomic E-state index is 12.7. The molecule has 1 unspecified atom stereocenters. The van der Waals surface area contributed by atoms with Crippen LogP contribution in [-0.2, 0) is 24.1 Å². The minimum Gasteiger partial charge on any atom is -0.359 e. The first-order valence-electron chi connectivity index (χ1n) is 9.36. The number of hydrogen-bond donors (Lipinski definition) is 1. The van der Waals surface area contributed by atoms with E-state index in [1.165, 1.54) is 28.8 Å². The van der Waals surface area contributed by atoms with Crippen LogP contribution in [0.4, 0.5) is 10.7 Å². The van der Waals surface area contributed by atoms with Gasteiger partial charge in [0, 0.05) is 16.6 Å². The lowest BCUT2D eigenvalue weighted by atomic mass is 10.1. The summed E-state index contributed by atoms with van der Waals surface area (Å²) in [4.78, 5) is 16.2. The number of carbonyl (C=O) groups is 1. The molecule has 4 rings (SSSR count). The second-order valence-electron chi connectivity index (χ2n) is 7.24. The van der Waals surface area contributed by atoms with Gasteiger partial charge >= 0.3 is 0 Å². The van der Waals surface area contributed by atoms with E-state index >= 15 is 0 Å². The van der Waals surface area contributed by atoms with Gasteiger partial charge in [-0.1, -0.05) is 24.6 Å². The third-order valence-electron chi connectivity index (χ3n) is 5.45. The molecular weight excluding hydrogens is 342 g/mol. The first-order valence-corrected chi connectivity index (χ1v) is 10.2. The summed E-state index contributed by atoms with van der Waals surface area (Å²) >= 11 is 1.60. The molecule has 4 nitrogen and oxygen atoms in total. The zero-order valence-corrected chi connectivity index (χ0v) is 15.9. The van der Waals surface area contributed by atoms with E-state index in [9.17, 15) is 10.1 Å². The van der Waals surface area contributed by atoms with Crippen LogP contribution in [0.3, 0.4) is 0 Å². The average Bonchev–Trinajstić information content (AvgIpc) is 3.01. The highest BCUT2D eigenvalue weighted by molar-refractivity contribution is 7.16. The van der Waals surface area contributed by atoms with Gasteiger partial charge in [-0.3, -0.25) is 4.79 Å². The Bertz CT molecular complexity index is 880. The summed E-state index contributed by atoms with van der Waals surface area (Å²) in [7, 11) is 0. The van der Waals surface area contributed by atoms with E-state index in [1.54, 1.807) is 11.3 Å². The maximum atomic E-state index is 12.7. The predicted molar refractivity (Wildman–Crippen MR) is 106 cm³/mol. The van der Waals surface area contributed by atoms with E-state index in [2.05, 4.69) is 35.3 Å². The number of fused-ring (bicyclic) bond motifs is 2. The van der Waals surface area contributed by atoms with Crippen molar-refractivity contribution in [2.45, 2.75) is 51.5 Å². The fraction of sp³-hybridized carbons (Fsp3) is 0.429. The second kappa shape index (κ2) is 7.13. The number of thiophene rings is 1. The zero-order chi connectivity index (χ0) is 18.1. The van der Waals surface area contributed by atoms with Crippen LogP contribution in [0, 0.1) is 11.3 Å². The highest BCUT2D eigenvalue weighted by Crippen LogP contribution is 2.37. The summed E-state index contributed by atoms with van der Waals surface area (Å²) in [5.74, 6) is -0.0403. The number of nitriles is 1. The van der Waals surface area contributed by atoms with Gasteiger partial charge in [-0.2, -0.15) is 5.26 Å². The van der Waals surface area contributed by atoms with Gasteiger partial charge in [-0.15, -0.1) is 11.3 Å². The normalized spacial score (nSPS) is 18.6. The van der Waals surface area contributed by atoms with Crippen molar-refractivity contribution in [1.29, 1.82) is 5.26 Å². The van der Waals surface area contributed by atoms with Gasteiger partial charge < -0.3 is 10.2 Å². The van der Waals surface area contributed by atoms with Crippen LogP contribution >= 0.6 is 11.3 Å². The van der Waals surface area contributed by atoms with E-state index in [4.69, 9.17) is 0 Å². The fourth-order valence-corrected chi connectivity index (χ4v) is 5.40. The molecule has 2 aromatic rings. The number of amides is 1. The average molecular weight is 366 g/mol. The lowest BCUT2D eigenvalue weighted by Gasteiger charge is -2.24. The molecule has 1 aromatic carbocycles. The first kappa shape index (κ1) is 17.1. The summed E-state index contributed by atoms with van der Waals surface area (Å²) in [5.41, 5.74) is 4.31. The molecule has 134 valence electrons. The highest BCUT2D eigenvalue weighted by atomic mass is 32.1. The van der Waals surface area contributed by atoms with Crippen molar-refractivity contribution in [3.8, 4) is 6.07 Å². The van der Waals surface area contributed by atoms with E-state index in [0.29, 0.717) is 18.2 Å². The van der Waals surface area contributed by atoms with Crippen LogP contribution in [0.25, 0.3) is 0 Å². The Morgan fingerprint density at radius 2 is 2.12 bits per heavy atom. The summed E-state index contributed by atoms with van der Waals surface area (Å²) in [6.45, 7) is 2.48. The maximum Gasteiger partial charge on any atom is 0.244 e. The Labute approximate surface area is 158 Å². The van der Waals surface area contributed by atoms with E-state index in [1.807, 2.05) is 12.1 Å². The SMILES string of the molecule is CC1Cc2ccccc2N1CC(=O)Nc1sc2c(c1C#N)CCCCC2. The number of benzene rings is 1. The molecule has 1 amide bonds. The minimum absolute atomic E-state index is 0.0403. The number of hydrogen-bond acceptors (Lipinski definition) is 4. The molecule has 1 aliphatic heterocycles. The molecule has 0 saturated carbocycles. The largest absolute Gasteiger partial charge is 0.359 e. The van der Waals surface area contributed by atoms with Crippen molar-refractivity contribution >= 4 is 27.9 Å². The van der Waals surface area contributed by atoms with Gasteiger partial charge in [0.15, 0.2) is 0 Å². The standard InChI is InChI=1S/C21H23N3OS/c1-14-11-15-7-5-6-9-18(15)24(14)13-20(25)23-21-17(12-22)16-8-3-2-4-10-19(16)26-21/h5-7,9,14H,2-4,8,10-11,13H2,1H3,(H,23,25). The first-order chi connectivity index (χ1) is 12.7. The summed E-state index contributed by atoms with van der Waals surface area (Å²) < 4.78 is 0. The summed E-state index contributed by atoms with van der Waals surface area (Å²) in [6.07, 6.45) is 6.49. The molecule has 0 saturated heterocycles. The molecule has 0 fully saturated rings. The molecule has 1 aromatic heterocycles. The third-order valence-corrected chi connectivity index (χ3v) is 6.66. The van der Waals surface area contributed by atoms with E-state index < -0.39 is 0 Å². The monoisotopic (exact) mass is 365 g/mol. The predicted octanol–water partition coefficient (Wildman–Crippen LogP) is 4.28. The van der Waals surface area contributed by atoms with Crippen molar-refractivity contribution in [2.75, 3.05) is 16.8 Å². The van der Waals surface area contributed by atoms with Gasteiger partial charge in [0.25, 0.3) is 0 Å². The third kappa shape index (κ3) is 3.10. The van der Waals surface area contributed by atoms with Crippen molar-refractivity contribution in [3.63, 3.8) is 0 Å². The molecule has 0 radical (unpaired) electrons. The Morgan fingerprint density at radius 1 is 1.31 bits per heavy atom. The number of para-hydroxylation sites is 1. The van der Waals surface area contributed by atoms with Crippen molar-refractivity contribution in [3.05, 3.63) is 45.8 Å². The van der Waals surface area contributed by atoms with Crippen LogP contribution < -0.4 is 10.2 Å². The zero-order valence-electron chi connectivity index (χ0n) is 15.0. The van der Waals surface area contributed by atoms with Crippen molar-refractivity contribution in [1.82, 2.24) is 0 Å². The molecule has 1 aliphatic carbocycles. The Kier molecular flexibility index (Phi) is 4.69.